The first-order chi connectivity index (χ1) is 8.28. The average Bonchev–Trinajstić information content (AvgIpc) is 2.25. The minimum absolute atomic E-state index is 0.331. The zero-order valence-electron chi connectivity index (χ0n) is 11.4. The van der Waals surface area contributed by atoms with Crippen LogP contribution in [0.15, 0.2) is 12.1 Å². The summed E-state index contributed by atoms with van der Waals surface area (Å²) in [5.41, 5.74) is 5.91. The fourth-order valence-corrected chi connectivity index (χ4v) is 1.45. The van der Waals surface area contributed by atoms with Gasteiger partial charge in [0.05, 0.1) is 25.5 Å². The highest BCUT2D eigenvalue weighted by atomic mass is 16.6. The third kappa shape index (κ3) is 3.29. The van der Waals surface area contributed by atoms with E-state index < -0.39 is 11.6 Å². The highest BCUT2D eigenvalue weighted by Gasteiger charge is 2.20. The highest BCUT2D eigenvalue weighted by molar-refractivity contribution is 5.92. The predicted molar refractivity (Wildman–Crippen MR) is 69.1 cm³/mol. The molecule has 1 rings (SSSR count). The van der Waals surface area contributed by atoms with E-state index in [1.807, 2.05) is 0 Å². The van der Waals surface area contributed by atoms with E-state index in [2.05, 4.69) is 0 Å². The van der Waals surface area contributed by atoms with Gasteiger partial charge in [0.2, 0.25) is 0 Å². The molecule has 1 aromatic carbocycles. The number of anilines is 1. The lowest BCUT2D eigenvalue weighted by Gasteiger charge is -2.20. The number of carbonyl (C=O) groups is 1. The van der Waals surface area contributed by atoms with Gasteiger partial charge in [0.1, 0.15) is 5.60 Å². The summed E-state index contributed by atoms with van der Waals surface area (Å²) < 4.78 is 15.5. The van der Waals surface area contributed by atoms with Gasteiger partial charge >= 0.3 is 5.97 Å². The molecule has 0 radical (unpaired) electrons. The number of carbonyl (C=O) groups excluding carboxylic acids is 1. The van der Waals surface area contributed by atoms with E-state index in [1.165, 1.54) is 20.3 Å². The zero-order chi connectivity index (χ0) is 13.9. The van der Waals surface area contributed by atoms with Gasteiger partial charge in [0.25, 0.3) is 0 Å². The first kappa shape index (κ1) is 14.2. The minimum atomic E-state index is -0.557. The first-order valence-electron chi connectivity index (χ1n) is 5.53. The molecule has 0 spiro atoms. The molecule has 0 fully saturated rings. The number of hydrogen-bond acceptors (Lipinski definition) is 5. The third-order valence-corrected chi connectivity index (χ3v) is 2.14. The summed E-state index contributed by atoms with van der Waals surface area (Å²) in [6, 6.07) is 3.05. The molecule has 0 aliphatic rings. The molecule has 0 heterocycles. The van der Waals surface area contributed by atoms with Crippen LogP contribution in [0.5, 0.6) is 11.5 Å². The van der Waals surface area contributed by atoms with Crippen LogP contribution in [-0.2, 0) is 4.74 Å². The van der Waals surface area contributed by atoms with Crippen LogP contribution >= 0.6 is 0 Å². The molecule has 100 valence electrons. The maximum Gasteiger partial charge on any atom is 0.338 e. The van der Waals surface area contributed by atoms with Crippen LogP contribution in [0.2, 0.25) is 0 Å². The van der Waals surface area contributed by atoms with E-state index in [9.17, 15) is 4.79 Å². The fraction of sp³-hybridized carbons (Fsp3) is 0.462. The van der Waals surface area contributed by atoms with Crippen LogP contribution < -0.4 is 15.2 Å². The minimum Gasteiger partial charge on any atom is -0.493 e. The topological polar surface area (TPSA) is 70.8 Å². The van der Waals surface area contributed by atoms with Gasteiger partial charge in [-0.25, -0.2) is 4.79 Å². The molecule has 0 aliphatic carbocycles. The van der Waals surface area contributed by atoms with Crippen LogP contribution in [-0.4, -0.2) is 25.8 Å². The third-order valence-electron chi connectivity index (χ3n) is 2.14. The molecular formula is C13H19NO4. The highest BCUT2D eigenvalue weighted by Crippen LogP contribution is 2.34. The van der Waals surface area contributed by atoms with Gasteiger partial charge in [-0.15, -0.1) is 0 Å². The lowest BCUT2D eigenvalue weighted by molar-refractivity contribution is 0.00692. The van der Waals surface area contributed by atoms with Crippen molar-refractivity contribution in [3.05, 3.63) is 17.7 Å². The largest absolute Gasteiger partial charge is 0.493 e. The molecule has 0 amide bonds. The lowest BCUT2D eigenvalue weighted by Crippen LogP contribution is -2.24. The second kappa shape index (κ2) is 5.16. The van der Waals surface area contributed by atoms with Crippen LogP contribution in [0, 0.1) is 0 Å². The van der Waals surface area contributed by atoms with E-state index in [1.54, 1.807) is 26.8 Å². The molecular weight excluding hydrogens is 234 g/mol. The van der Waals surface area contributed by atoms with E-state index in [0.717, 1.165) is 0 Å². The maximum atomic E-state index is 11.9. The number of esters is 1. The molecule has 1 aromatic rings. The normalized spacial score (nSPS) is 10.9. The molecule has 0 saturated carbocycles. The molecule has 18 heavy (non-hydrogen) atoms. The maximum absolute atomic E-state index is 11.9. The summed E-state index contributed by atoms with van der Waals surface area (Å²) in [6.45, 7) is 5.40. The Morgan fingerprint density at radius 1 is 1.17 bits per heavy atom. The summed E-state index contributed by atoms with van der Waals surface area (Å²) >= 11 is 0. The van der Waals surface area contributed by atoms with Crippen LogP contribution in [0.1, 0.15) is 31.1 Å². The molecule has 0 saturated heterocycles. The smallest absolute Gasteiger partial charge is 0.338 e. The number of nitrogens with two attached hydrogens (primary N) is 1. The fourth-order valence-electron chi connectivity index (χ4n) is 1.45. The summed E-state index contributed by atoms with van der Waals surface area (Å²) in [4.78, 5) is 11.9. The van der Waals surface area contributed by atoms with Crippen molar-refractivity contribution in [3.8, 4) is 11.5 Å². The Labute approximate surface area is 107 Å². The second-order valence-corrected chi connectivity index (χ2v) is 4.80. The van der Waals surface area contributed by atoms with Gasteiger partial charge < -0.3 is 19.9 Å². The molecule has 0 aromatic heterocycles. The number of nitrogen functional groups attached to an aromatic ring is 1. The van der Waals surface area contributed by atoms with Crippen molar-refractivity contribution in [2.24, 2.45) is 0 Å². The number of ether oxygens (including phenoxy) is 3. The molecule has 0 bridgehead atoms. The Bertz CT molecular complexity index is 449. The van der Waals surface area contributed by atoms with E-state index in [0.29, 0.717) is 22.7 Å². The summed E-state index contributed by atoms with van der Waals surface area (Å²) in [7, 11) is 2.97. The van der Waals surface area contributed by atoms with Gasteiger partial charge in [-0.1, -0.05) is 0 Å². The van der Waals surface area contributed by atoms with E-state index in [-0.39, 0.29) is 0 Å². The Hall–Kier alpha value is -1.91. The van der Waals surface area contributed by atoms with E-state index in [4.69, 9.17) is 19.9 Å². The first-order valence-corrected chi connectivity index (χ1v) is 5.53. The molecule has 5 heteroatoms. The Morgan fingerprint density at radius 3 is 2.22 bits per heavy atom. The van der Waals surface area contributed by atoms with Crippen molar-refractivity contribution in [3.63, 3.8) is 0 Å². The zero-order valence-corrected chi connectivity index (χ0v) is 11.4. The molecule has 0 atom stereocenters. The van der Waals surface area contributed by atoms with Crippen molar-refractivity contribution in [2.45, 2.75) is 26.4 Å². The van der Waals surface area contributed by atoms with Gasteiger partial charge in [-0.3, -0.25) is 0 Å². The summed E-state index contributed by atoms with van der Waals surface area (Å²) in [5, 5.41) is 0. The van der Waals surface area contributed by atoms with Crippen molar-refractivity contribution in [1.82, 2.24) is 0 Å². The van der Waals surface area contributed by atoms with Crippen molar-refractivity contribution in [2.75, 3.05) is 20.0 Å². The van der Waals surface area contributed by atoms with Crippen LogP contribution in [0.25, 0.3) is 0 Å². The molecule has 5 nitrogen and oxygen atoms in total. The Kier molecular flexibility index (Phi) is 4.06. The van der Waals surface area contributed by atoms with Crippen molar-refractivity contribution in [1.29, 1.82) is 0 Å². The van der Waals surface area contributed by atoms with Gasteiger partial charge in [0.15, 0.2) is 11.5 Å². The Balaban J connectivity index is 3.12. The van der Waals surface area contributed by atoms with E-state index >= 15 is 0 Å². The summed E-state index contributed by atoms with van der Waals surface area (Å²) in [5.74, 6) is 0.360. The standard InChI is InChI=1S/C13H19NO4/c1-13(2,3)18-12(15)8-6-9(14)11(17-5)10(7-8)16-4/h6-7H,14H2,1-5H3. The molecule has 2 N–H and O–H groups in total. The van der Waals surface area contributed by atoms with Gasteiger partial charge in [0, 0.05) is 0 Å². The van der Waals surface area contributed by atoms with Crippen LogP contribution in [0.3, 0.4) is 0 Å². The molecule has 0 aliphatic heterocycles. The van der Waals surface area contributed by atoms with Gasteiger partial charge in [-0.05, 0) is 32.9 Å². The molecule has 0 unspecified atom stereocenters. The number of hydrogen-bond donors (Lipinski definition) is 1. The lowest BCUT2D eigenvalue weighted by atomic mass is 10.1. The average molecular weight is 253 g/mol. The van der Waals surface area contributed by atoms with Gasteiger partial charge in [-0.2, -0.15) is 0 Å². The second-order valence-electron chi connectivity index (χ2n) is 4.80. The quantitative estimate of drug-likeness (QED) is 0.660. The van der Waals surface area contributed by atoms with Crippen LogP contribution in [0.4, 0.5) is 5.69 Å². The SMILES string of the molecule is COc1cc(C(=O)OC(C)(C)C)cc(N)c1OC. The monoisotopic (exact) mass is 253 g/mol. The Morgan fingerprint density at radius 2 is 1.78 bits per heavy atom. The predicted octanol–water partition coefficient (Wildman–Crippen LogP) is 2.24. The van der Waals surface area contributed by atoms with Crippen molar-refractivity contribution >= 4 is 11.7 Å². The number of rotatable bonds is 3. The number of benzene rings is 1. The number of methoxy groups -OCH3 is 2. The van der Waals surface area contributed by atoms with Crippen molar-refractivity contribution < 1.29 is 19.0 Å². The summed E-state index contributed by atoms with van der Waals surface area (Å²) in [6.07, 6.45) is 0.